The molecule has 66 valence electrons. The number of carboxylic acid groups (broad SMARTS) is 1. The average Bonchev–Trinajstić information content (AvgIpc) is 2.26. The van der Waals surface area contributed by atoms with Crippen molar-refractivity contribution in [2.45, 2.75) is 24.7 Å². The number of carboxylic acids is 1. The lowest BCUT2D eigenvalue weighted by Gasteiger charge is -2.18. The fourth-order valence-electron chi connectivity index (χ4n) is 1.64. The number of guanidine groups is 1. The highest BCUT2D eigenvalue weighted by Gasteiger charge is 2.41. The van der Waals surface area contributed by atoms with Crippen molar-refractivity contribution in [2.24, 2.45) is 10.7 Å². The van der Waals surface area contributed by atoms with Crippen LogP contribution in [-0.2, 0) is 4.79 Å². The summed E-state index contributed by atoms with van der Waals surface area (Å²) in [5.74, 6) is -0.535. The van der Waals surface area contributed by atoms with Crippen LogP contribution in [-0.4, -0.2) is 35.3 Å². The summed E-state index contributed by atoms with van der Waals surface area (Å²) in [6.45, 7) is 0. The van der Waals surface area contributed by atoms with Gasteiger partial charge in [0.2, 0.25) is 0 Å². The largest absolute Gasteiger partial charge is 0.480 e. The lowest BCUT2D eigenvalue weighted by molar-refractivity contribution is -0.139. The first-order chi connectivity index (χ1) is 5.66. The van der Waals surface area contributed by atoms with Crippen LogP contribution in [0.15, 0.2) is 4.99 Å². The van der Waals surface area contributed by atoms with Crippen molar-refractivity contribution in [1.82, 2.24) is 10.6 Å². The Bertz CT molecular complexity index is 252. The zero-order chi connectivity index (χ0) is 8.72. The van der Waals surface area contributed by atoms with Crippen molar-refractivity contribution in [3.63, 3.8) is 0 Å². The van der Waals surface area contributed by atoms with E-state index in [1.807, 2.05) is 0 Å². The van der Waals surface area contributed by atoms with E-state index in [4.69, 9.17) is 10.8 Å². The molecule has 2 aliphatic heterocycles. The summed E-state index contributed by atoms with van der Waals surface area (Å²) in [7, 11) is 0. The van der Waals surface area contributed by atoms with Crippen LogP contribution in [0.5, 0.6) is 0 Å². The number of carbonyl (C=O) groups is 1. The number of aliphatic imine (C=N–C) groups is 1. The lowest BCUT2D eigenvalue weighted by atomic mass is 10.1. The van der Waals surface area contributed by atoms with Crippen LogP contribution in [0.2, 0.25) is 0 Å². The molecule has 5 N–H and O–H groups in total. The first kappa shape index (κ1) is 7.35. The van der Waals surface area contributed by atoms with Crippen LogP contribution in [0.3, 0.4) is 0 Å². The van der Waals surface area contributed by atoms with E-state index in [9.17, 15) is 4.79 Å². The Balaban J connectivity index is 2.16. The minimum atomic E-state index is -0.861. The molecule has 0 radical (unpaired) electrons. The molecule has 2 heterocycles. The van der Waals surface area contributed by atoms with Gasteiger partial charge in [-0.3, -0.25) is 10.1 Å². The van der Waals surface area contributed by atoms with Crippen molar-refractivity contribution in [3.8, 4) is 0 Å². The third kappa shape index (κ3) is 1.00. The molecule has 0 aromatic heterocycles. The van der Waals surface area contributed by atoms with Gasteiger partial charge in [0.15, 0.2) is 5.96 Å². The number of aliphatic carboxylic acids is 1. The topological polar surface area (TPSA) is 99.7 Å². The number of hydrogen-bond acceptors (Lipinski definition) is 5. The van der Waals surface area contributed by atoms with Gasteiger partial charge in [0.05, 0.1) is 6.04 Å². The third-order valence-corrected chi connectivity index (χ3v) is 2.15. The van der Waals surface area contributed by atoms with Gasteiger partial charge in [0.25, 0.3) is 0 Å². The lowest BCUT2D eigenvalue weighted by Crippen LogP contribution is -2.49. The van der Waals surface area contributed by atoms with Crippen molar-refractivity contribution < 1.29 is 9.90 Å². The predicted octanol–water partition coefficient (Wildman–Crippen LogP) is -1.95. The molecular formula is C6H10N4O2. The van der Waals surface area contributed by atoms with Gasteiger partial charge in [-0.05, 0) is 0 Å². The highest BCUT2D eigenvalue weighted by Crippen LogP contribution is 2.17. The maximum Gasteiger partial charge on any atom is 0.322 e. The molecule has 0 aliphatic carbocycles. The summed E-state index contributed by atoms with van der Waals surface area (Å²) in [6.07, 6.45) is 0.565. The van der Waals surface area contributed by atoms with Gasteiger partial charge in [-0.1, -0.05) is 0 Å². The molecule has 2 rings (SSSR count). The quantitative estimate of drug-likeness (QED) is 0.366. The first-order valence-corrected chi connectivity index (χ1v) is 3.75. The number of nitrogens with one attached hydrogen (secondary N) is 2. The summed E-state index contributed by atoms with van der Waals surface area (Å²) in [6, 6.07) is -0.690. The van der Waals surface area contributed by atoms with E-state index in [2.05, 4.69) is 15.6 Å². The van der Waals surface area contributed by atoms with Crippen molar-refractivity contribution in [3.05, 3.63) is 0 Å². The van der Waals surface area contributed by atoms with E-state index < -0.39 is 12.0 Å². The molecule has 6 nitrogen and oxygen atoms in total. The van der Waals surface area contributed by atoms with E-state index in [0.717, 1.165) is 0 Å². The summed E-state index contributed by atoms with van der Waals surface area (Å²) < 4.78 is 0. The van der Waals surface area contributed by atoms with Gasteiger partial charge in [-0.25, -0.2) is 4.99 Å². The van der Waals surface area contributed by atoms with Crippen molar-refractivity contribution >= 4 is 11.9 Å². The van der Waals surface area contributed by atoms with Crippen LogP contribution < -0.4 is 16.4 Å². The van der Waals surface area contributed by atoms with Gasteiger partial charge in [-0.2, -0.15) is 0 Å². The smallest absolute Gasteiger partial charge is 0.322 e. The Morgan fingerprint density at radius 2 is 2.50 bits per heavy atom. The Morgan fingerprint density at radius 3 is 3.17 bits per heavy atom. The van der Waals surface area contributed by atoms with E-state index in [1.54, 1.807) is 0 Å². The molecule has 1 saturated heterocycles. The fourth-order valence-corrected chi connectivity index (χ4v) is 1.64. The van der Waals surface area contributed by atoms with Crippen LogP contribution >= 0.6 is 0 Å². The third-order valence-electron chi connectivity index (χ3n) is 2.15. The molecule has 12 heavy (non-hydrogen) atoms. The SMILES string of the molecule is NC1=NC2CC(N1)C(C(=O)O)N2. The molecule has 0 aromatic carbocycles. The van der Waals surface area contributed by atoms with Crippen LogP contribution in [0.1, 0.15) is 6.42 Å². The van der Waals surface area contributed by atoms with Gasteiger partial charge in [-0.15, -0.1) is 0 Å². The molecule has 6 heteroatoms. The highest BCUT2D eigenvalue weighted by atomic mass is 16.4. The number of nitrogens with zero attached hydrogens (tertiary/aromatic N) is 1. The van der Waals surface area contributed by atoms with E-state index in [0.29, 0.717) is 12.4 Å². The summed E-state index contributed by atoms with van der Waals surface area (Å²) in [5.41, 5.74) is 5.42. The maximum absolute atomic E-state index is 10.7. The van der Waals surface area contributed by atoms with Gasteiger partial charge in [0.1, 0.15) is 12.2 Å². The Labute approximate surface area is 68.8 Å². The van der Waals surface area contributed by atoms with Crippen LogP contribution in [0, 0.1) is 0 Å². The molecule has 3 atom stereocenters. The summed E-state index contributed by atoms with van der Waals surface area (Å²) in [4.78, 5) is 14.6. The Hall–Kier alpha value is -1.30. The second-order valence-corrected chi connectivity index (χ2v) is 3.00. The minimum Gasteiger partial charge on any atom is -0.480 e. The molecule has 2 aliphatic rings. The molecule has 3 unspecified atom stereocenters. The molecule has 2 bridgehead atoms. The standard InChI is InChI=1S/C6H10N4O2/c7-6-8-2-1-3(10-6)9-4(2)5(11)12/h2-4,9H,1H2,(H,11,12)(H3,7,8,10). The number of hydrogen-bond donors (Lipinski definition) is 4. The fraction of sp³-hybridized carbons (Fsp3) is 0.667. The molecular weight excluding hydrogens is 160 g/mol. The predicted molar refractivity (Wildman–Crippen MR) is 41.5 cm³/mol. The van der Waals surface area contributed by atoms with Crippen molar-refractivity contribution in [1.29, 1.82) is 0 Å². The number of fused-ring (bicyclic) bond motifs is 2. The average molecular weight is 170 g/mol. The minimum absolute atomic E-state index is 0.120. The molecule has 1 fully saturated rings. The molecule has 0 aromatic rings. The van der Waals surface area contributed by atoms with Crippen LogP contribution in [0.4, 0.5) is 0 Å². The Kier molecular flexibility index (Phi) is 1.44. The summed E-state index contributed by atoms with van der Waals surface area (Å²) >= 11 is 0. The highest BCUT2D eigenvalue weighted by molar-refractivity contribution is 5.82. The second kappa shape index (κ2) is 2.34. The number of nitrogens with two attached hydrogens (primary N) is 1. The van der Waals surface area contributed by atoms with Gasteiger partial charge >= 0.3 is 5.97 Å². The van der Waals surface area contributed by atoms with E-state index in [1.165, 1.54) is 0 Å². The van der Waals surface area contributed by atoms with Gasteiger partial charge < -0.3 is 16.2 Å². The first-order valence-electron chi connectivity index (χ1n) is 3.75. The van der Waals surface area contributed by atoms with Crippen LogP contribution in [0.25, 0.3) is 0 Å². The second-order valence-electron chi connectivity index (χ2n) is 3.00. The molecule has 0 saturated carbocycles. The number of rotatable bonds is 1. The monoisotopic (exact) mass is 170 g/mol. The molecule has 0 spiro atoms. The summed E-state index contributed by atoms with van der Waals surface area (Å²) in [5, 5.41) is 14.4. The van der Waals surface area contributed by atoms with Crippen molar-refractivity contribution in [2.75, 3.05) is 0 Å². The maximum atomic E-state index is 10.7. The molecule has 0 amide bonds. The van der Waals surface area contributed by atoms with E-state index >= 15 is 0 Å². The van der Waals surface area contributed by atoms with E-state index in [-0.39, 0.29) is 12.2 Å². The van der Waals surface area contributed by atoms with Gasteiger partial charge in [0, 0.05) is 6.42 Å². The zero-order valence-corrected chi connectivity index (χ0v) is 6.32. The zero-order valence-electron chi connectivity index (χ0n) is 6.32. The Morgan fingerprint density at radius 1 is 1.75 bits per heavy atom. The normalized spacial score (nSPS) is 38.7.